The molecule has 102 valence electrons. The molecule has 1 aromatic rings. The zero-order valence-corrected chi connectivity index (χ0v) is 11.2. The van der Waals surface area contributed by atoms with Crippen LogP contribution in [0.2, 0.25) is 0 Å². The van der Waals surface area contributed by atoms with Gasteiger partial charge in [-0.3, -0.25) is 0 Å². The average Bonchev–Trinajstić information content (AvgIpc) is 2.51. The molecule has 0 N–H and O–H groups in total. The molecule has 6 heteroatoms. The Labute approximate surface area is 125 Å². The Morgan fingerprint density at radius 2 is 1.09 bits per heavy atom. The molecule has 0 aliphatic carbocycles. The first kappa shape index (κ1) is 15.8. The van der Waals surface area contributed by atoms with Gasteiger partial charge in [0.25, 0.3) is 0 Å². The second-order valence-electron chi connectivity index (χ2n) is 3.34. The maximum atomic E-state index is 12.0. The largest absolute Gasteiger partial charge is 0.360 e. The normalized spacial score (nSPS) is 7.23. The highest BCUT2D eigenvalue weighted by Crippen LogP contribution is 1.66. The van der Waals surface area contributed by atoms with E-state index < -0.39 is 17.1 Å². The number of aromatic nitrogens is 3. The van der Waals surface area contributed by atoms with Crippen molar-refractivity contribution in [1.82, 2.24) is 13.7 Å². The number of terminal acetylenes is 2. The first-order valence-electron chi connectivity index (χ1n) is 5.43. The lowest BCUT2D eigenvalue weighted by atomic mass is 10.6. The molecule has 0 aliphatic heterocycles. The average molecular weight is 287 g/mol. The number of nitrogens with zero attached hydrogens (tertiary/aromatic N) is 3. The van der Waals surface area contributed by atoms with E-state index in [-0.39, 0.29) is 0 Å². The molecule has 0 unspecified atom stereocenters. The molecular weight excluding hydrogens is 282 g/mol. The van der Waals surface area contributed by atoms with Gasteiger partial charge in [0.15, 0.2) is 0 Å². The molecule has 0 atom stereocenters. The topological polar surface area (TPSA) is 66.0 Å². The summed E-state index contributed by atoms with van der Waals surface area (Å²) in [6, 6.07) is 4.36. The smallest absolute Gasteiger partial charge is 0.246 e. The van der Waals surface area contributed by atoms with Gasteiger partial charge in [0.1, 0.15) is 0 Å². The summed E-state index contributed by atoms with van der Waals surface area (Å²) in [4.78, 5) is 35.7. The highest BCUT2D eigenvalue weighted by Gasteiger charge is 2.10. The molecule has 1 rings (SSSR count). The minimum absolute atomic E-state index is 0.482. The van der Waals surface area contributed by atoms with E-state index in [4.69, 9.17) is 12.8 Å². The van der Waals surface area contributed by atoms with Crippen molar-refractivity contribution in [2.24, 2.45) is 7.05 Å². The molecule has 0 saturated heterocycles. The summed E-state index contributed by atoms with van der Waals surface area (Å²) in [6.45, 7) is 0. The Bertz CT molecular complexity index is 1040. The van der Waals surface area contributed by atoms with Gasteiger partial charge >= 0.3 is 17.1 Å². The Kier molecular flexibility index (Phi) is 5.31. The fourth-order valence-corrected chi connectivity index (χ4v) is 1.14. The molecule has 22 heavy (non-hydrogen) atoms. The van der Waals surface area contributed by atoms with Crippen LogP contribution in [0.25, 0.3) is 0 Å². The fourth-order valence-electron chi connectivity index (χ4n) is 1.14. The van der Waals surface area contributed by atoms with Gasteiger partial charge in [-0.1, -0.05) is 0 Å². The molecule has 0 saturated carbocycles. The number of rotatable bonds is 0. The summed E-state index contributed by atoms with van der Waals surface area (Å²) in [5.41, 5.74) is -2.91. The number of hydrogen-bond acceptors (Lipinski definition) is 3. The van der Waals surface area contributed by atoms with Crippen LogP contribution in [0.15, 0.2) is 14.4 Å². The lowest BCUT2D eigenvalue weighted by Crippen LogP contribution is -2.51. The third-order valence-corrected chi connectivity index (χ3v) is 2.07. The van der Waals surface area contributed by atoms with Gasteiger partial charge in [-0.2, -0.15) is 9.13 Å². The highest BCUT2D eigenvalue weighted by atomic mass is 16.2. The quantitative estimate of drug-likeness (QED) is 0.500. The van der Waals surface area contributed by atoms with Crippen molar-refractivity contribution < 1.29 is 0 Å². The summed E-state index contributed by atoms with van der Waals surface area (Å²) in [5, 5.41) is 0. The van der Waals surface area contributed by atoms with Crippen LogP contribution in [0.1, 0.15) is 0 Å². The first-order valence-corrected chi connectivity index (χ1v) is 5.43. The Hall–Kier alpha value is -4.23. The van der Waals surface area contributed by atoms with Gasteiger partial charge in [-0.15, -0.1) is 12.8 Å². The highest BCUT2D eigenvalue weighted by molar-refractivity contribution is 5.35. The van der Waals surface area contributed by atoms with E-state index >= 15 is 0 Å². The van der Waals surface area contributed by atoms with E-state index in [2.05, 4.69) is 47.6 Å². The molecule has 0 bridgehead atoms. The molecule has 1 aromatic heterocycles. The van der Waals surface area contributed by atoms with E-state index in [1.165, 1.54) is 7.05 Å². The summed E-state index contributed by atoms with van der Waals surface area (Å²) in [7, 11) is 1.17. The molecule has 0 aliphatic rings. The Morgan fingerprint density at radius 3 is 1.45 bits per heavy atom. The van der Waals surface area contributed by atoms with Gasteiger partial charge in [-0.05, 0) is 23.7 Å². The summed E-state index contributed by atoms with van der Waals surface area (Å²) < 4.78 is 1.62. The minimum Gasteiger partial charge on any atom is -0.246 e. The third-order valence-electron chi connectivity index (χ3n) is 2.07. The van der Waals surface area contributed by atoms with Crippen molar-refractivity contribution >= 4 is 0 Å². The van der Waals surface area contributed by atoms with E-state index in [9.17, 15) is 14.4 Å². The lowest BCUT2D eigenvalue weighted by Gasteiger charge is -2.01. The standard InChI is InChI=1S/C16H5N3O3/c1-4-6-8-10-12-18-14(20)17(3)15(21)19(16(18)22)13-11-9-7-5-2/h1-2H,3H3. The van der Waals surface area contributed by atoms with Crippen molar-refractivity contribution in [3.63, 3.8) is 0 Å². The summed E-state index contributed by atoms with van der Waals surface area (Å²) in [5.74, 6) is 17.3. The minimum atomic E-state index is -1.04. The van der Waals surface area contributed by atoms with Crippen LogP contribution in [0.3, 0.4) is 0 Å². The van der Waals surface area contributed by atoms with Crippen LogP contribution >= 0.6 is 0 Å². The van der Waals surface area contributed by atoms with E-state index in [0.29, 0.717) is 13.7 Å². The molecule has 0 radical (unpaired) electrons. The van der Waals surface area contributed by atoms with Crippen LogP contribution in [0, 0.1) is 72.3 Å². The molecule has 0 spiro atoms. The van der Waals surface area contributed by atoms with Crippen LogP contribution in [-0.4, -0.2) is 13.7 Å². The number of hydrogen-bond donors (Lipinski definition) is 0. The van der Waals surface area contributed by atoms with Gasteiger partial charge in [0.05, 0.1) is 0 Å². The lowest BCUT2D eigenvalue weighted by molar-refractivity contribution is 0.631. The van der Waals surface area contributed by atoms with Crippen molar-refractivity contribution in [3.05, 3.63) is 31.5 Å². The zero-order valence-electron chi connectivity index (χ0n) is 11.2. The van der Waals surface area contributed by atoms with E-state index in [1.54, 1.807) is 0 Å². The summed E-state index contributed by atoms with van der Waals surface area (Å²) in [6.07, 6.45) is 9.80. The second kappa shape index (κ2) is 7.38. The van der Waals surface area contributed by atoms with Gasteiger partial charge < -0.3 is 0 Å². The van der Waals surface area contributed by atoms with Crippen molar-refractivity contribution in [1.29, 1.82) is 0 Å². The molecular formula is C16H5N3O3. The first-order chi connectivity index (χ1) is 10.5. The molecule has 6 nitrogen and oxygen atoms in total. The molecule has 0 aromatic carbocycles. The van der Waals surface area contributed by atoms with Crippen molar-refractivity contribution in [2.45, 2.75) is 0 Å². The Balaban J connectivity index is 3.69. The SMILES string of the molecule is C#CC#CC#Cn1c(=O)n(C)c(=O)n(C#CC#CC#C)c1=O. The van der Waals surface area contributed by atoms with Crippen LogP contribution in [0.4, 0.5) is 0 Å². The third kappa shape index (κ3) is 3.41. The maximum Gasteiger partial charge on any atom is 0.360 e. The van der Waals surface area contributed by atoms with Crippen LogP contribution < -0.4 is 17.1 Å². The van der Waals surface area contributed by atoms with Gasteiger partial charge in [0.2, 0.25) is 0 Å². The predicted octanol–water partition coefficient (Wildman–Crippen LogP) is -2.40. The van der Waals surface area contributed by atoms with E-state index in [1.807, 2.05) is 11.8 Å². The second-order valence-corrected chi connectivity index (χ2v) is 3.34. The van der Waals surface area contributed by atoms with E-state index in [0.717, 1.165) is 0 Å². The zero-order chi connectivity index (χ0) is 16.5. The van der Waals surface area contributed by atoms with Gasteiger partial charge in [0, 0.05) is 42.8 Å². The van der Waals surface area contributed by atoms with Crippen molar-refractivity contribution in [2.75, 3.05) is 0 Å². The Morgan fingerprint density at radius 1 is 0.682 bits per heavy atom. The summed E-state index contributed by atoms with van der Waals surface area (Å²) >= 11 is 0. The fraction of sp³-hybridized carbons (Fsp3) is 0.0625. The van der Waals surface area contributed by atoms with Crippen LogP contribution in [-0.2, 0) is 7.05 Å². The molecule has 0 fully saturated rings. The van der Waals surface area contributed by atoms with Gasteiger partial charge in [-0.25, -0.2) is 19.0 Å². The maximum absolute atomic E-state index is 12.0. The van der Waals surface area contributed by atoms with Crippen molar-refractivity contribution in [3.8, 4) is 72.3 Å². The van der Waals surface area contributed by atoms with Crippen LogP contribution in [0.5, 0.6) is 0 Å². The predicted molar refractivity (Wildman–Crippen MR) is 79.8 cm³/mol. The molecule has 1 heterocycles. The monoisotopic (exact) mass is 287 g/mol. The molecule has 0 amide bonds.